The van der Waals surface area contributed by atoms with Crippen LogP contribution in [0.3, 0.4) is 0 Å². The van der Waals surface area contributed by atoms with Crippen LogP contribution in [0.2, 0.25) is 0 Å². The number of rotatable bonds is 5. The van der Waals surface area contributed by atoms with Gasteiger partial charge in [0.1, 0.15) is 6.04 Å². The van der Waals surface area contributed by atoms with Gasteiger partial charge in [-0.15, -0.1) is 0 Å². The van der Waals surface area contributed by atoms with E-state index in [9.17, 15) is 4.79 Å². The molecule has 1 saturated carbocycles. The topological polar surface area (TPSA) is 41.1 Å². The molecule has 2 aromatic rings. The molecule has 1 unspecified atom stereocenters. The molecule has 0 aromatic heterocycles. The van der Waals surface area contributed by atoms with Gasteiger partial charge >= 0.3 is 0 Å². The average molecular weight is 392 g/mol. The van der Waals surface area contributed by atoms with Gasteiger partial charge in [-0.05, 0) is 65.3 Å². The molecule has 0 radical (unpaired) electrons. The lowest BCUT2D eigenvalue weighted by Gasteiger charge is -2.20. The molecule has 2 N–H and O–H groups in total. The summed E-state index contributed by atoms with van der Waals surface area (Å²) in [6, 6.07) is 17.9. The van der Waals surface area contributed by atoms with Gasteiger partial charge in [0, 0.05) is 15.3 Å². The predicted molar refractivity (Wildman–Crippen MR) is 93.1 cm³/mol. The molecule has 1 atom stereocenters. The quantitative estimate of drug-likeness (QED) is 0.762. The van der Waals surface area contributed by atoms with Gasteiger partial charge in [-0.1, -0.05) is 30.3 Å². The molecule has 0 bridgehead atoms. The number of hydrogen-bond acceptors (Lipinski definition) is 2. The second-order valence-corrected chi connectivity index (χ2v) is 6.52. The van der Waals surface area contributed by atoms with Crippen LogP contribution in [0.15, 0.2) is 54.6 Å². The molecule has 0 saturated heterocycles. The number of amides is 1. The summed E-state index contributed by atoms with van der Waals surface area (Å²) in [7, 11) is 0. The third kappa shape index (κ3) is 3.97. The van der Waals surface area contributed by atoms with E-state index < -0.39 is 0 Å². The van der Waals surface area contributed by atoms with Crippen LogP contribution >= 0.6 is 22.6 Å². The number of carbonyl (C=O) groups excluding carboxylic acids is 1. The molecule has 4 heteroatoms. The Hall–Kier alpha value is -1.56. The molecule has 2 aromatic carbocycles. The van der Waals surface area contributed by atoms with Gasteiger partial charge in [0.05, 0.1) is 0 Å². The largest absolute Gasteiger partial charge is 0.370 e. The van der Waals surface area contributed by atoms with Crippen molar-refractivity contribution in [3.05, 3.63) is 63.7 Å². The molecule has 3 nitrogen and oxygen atoms in total. The van der Waals surface area contributed by atoms with E-state index in [1.807, 2.05) is 54.6 Å². The van der Waals surface area contributed by atoms with E-state index >= 15 is 0 Å². The van der Waals surface area contributed by atoms with E-state index in [1.54, 1.807) is 0 Å². The Balaban J connectivity index is 1.80. The monoisotopic (exact) mass is 392 g/mol. The van der Waals surface area contributed by atoms with Crippen LogP contribution in [0.5, 0.6) is 0 Å². The highest BCUT2D eigenvalue weighted by Gasteiger charge is 2.28. The lowest BCUT2D eigenvalue weighted by Crippen LogP contribution is -2.34. The van der Waals surface area contributed by atoms with Crippen molar-refractivity contribution >= 4 is 34.2 Å². The fraction of sp³-hybridized carbons (Fsp3) is 0.235. The minimum Gasteiger partial charge on any atom is -0.370 e. The number of halogens is 1. The van der Waals surface area contributed by atoms with E-state index in [0.717, 1.165) is 24.1 Å². The summed E-state index contributed by atoms with van der Waals surface area (Å²) >= 11 is 2.27. The Morgan fingerprint density at radius 3 is 2.33 bits per heavy atom. The summed E-state index contributed by atoms with van der Waals surface area (Å²) in [6.45, 7) is 0. The highest BCUT2D eigenvalue weighted by molar-refractivity contribution is 14.1. The summed E-state index contributed by atoms with van der Waals surface area (Å²) < 4.78 is 1.18. The SMILES string of the molecule is O=C(NC1CC1)C(Nc1ccc(I)cc1)c1ccccc1. The Morgan fingerprint density at radius 2 is 1.71 bits per heavy atom. The first-order valence-electron chi connectivity index (χ1n) is 7.10. The van der Waals surface area contributed by atoms with Gasteiger partial charge in [0.25, 0.3) is 0 Å². The molecule has 0 aliphatic heterocycles. The van der Waals surface area contributed by atoms with Crippen LogP contribution in [0.4, 0.5) is 5.69 Å². The lowest BCUT2D eigenvalue weighted by atomic mass is 10.1. The molecule has 1 amide bonds. The maximum Gasteiger partial charge on any atom is 0.247 e. The normalized spacial score (nSPS) is 15.3. The minimum atomic E-state index is -0.355. The number of carbonyl (C=O) groups is 1. The van der Waals surface area contributed by atoms with E-state index in [-0.39, 0.29) is 11.9 Å². The van der Waals surface area contributed by atoms with Crippen LogP contribution in [-0.4, -0.2) is 11.9 Å². The minimum absolute atomic E-state index is 0.0437. The van der Waals surface area contributed by atoms with Crippen molar-refractivity contribution in [2.24, 2.45) is 0 Å². The van der Waals surface area contributed by atoms with Crippen LogP contribution in [0.25, 0.3) is 0 Å². The molecule has 3 rings (SSSR count). The Morgan fingerprint density at radius 1 is 1.05 bits per heavy atom. The fourth-order valence-corrected chi connectivity index (χ4v) is 2.53. The van der Waals surface area contributed by atoms with Gasteiger partial charge < -0.3 is 10.6 Å². The first-order chi connectivity index (χ1) is 10.2. The van der Waals surface area contributed by atoms with Gasteiger partial charge in [-0.25, -0.2) is 0 Å². The van der Waals surface area contributed by atoms with Crippen molar-refractivity contribution < 1.29 is 4.79 Å². The second-order valence-electron chi connectivity index (χ2n) is 5.28. The zero-order chi connectivity index (χ0) is 14.7. The van der Waals surface area contributed by atoms with Crippen molar-refractivity contribution in [3.63, 3.8) is 0 Å². The van der Waals surface area contributed by atoms with Crippen molar-refractivity contribution in [3.8, 4) is 0 Å². The molecule has 0 spiro atoms. The molecule has 108 valence electrons. The van der Waals surface area contributed by atoms with Crippen LogP contribution in [0, 0.1) is 3.57 Å². The summed E-state index contributed by atoms with van der Waals surface area (Å²) in [6.07, 6.45) is 2.19. The first kappa shape index (κ1) is 14.4. The number of nitrogens with one attached hydrogen (secondary N) is 2. The van der Waals surface area contributed by atoms with Gasteiger partial charge in [0.15, 0.2) is 0 Å². The second kappa shape index (κ2) is 6.47. The Bertz CT molecular complexity index is 608. The van der Waals surface area contributed by atoms with E-state index in [4.69, 9.17) is 0 Å². The molecular formula is C17H17IN2O. The molecule has 0 heterocycles. The predicted octanol–water partition coefficient (Wildman–Crippen LogP) is 3.72. The Labute approximate surface area is 138 Å². The van der Waals surface area contributed by atoms with Crippen LogP contribution in [-0.2, 0) is 4.79 Å². The first-order valence-corrected chi connectivity index (χ1v) is 8.18. The molecule has 1 aliphatic carbocycles. The van der Waals surface area contributed by atoms with Crippen molar-refractivity contribution in [2.45, 2.75) is 24.9 Å². The number of benzene rings is 2. The summed E-state index contributed by atoms with van der Waals surface area (Å²) in [5, 5.41) is 6.42. The van der Waals surface area contributed by atoms with Gasteiger partial charge in [-0.3, -0.25) is 4.79 Å². The average Bonchev–Trinajstić information content (AvgIpc) is 3.31. The lowest BCUT2D eigenvalue weighted by molar-refractivity contribution is -0.122. The van der Waals surface area contributed by atoms with Gasteiger partial charge in [0.2, 0.25) is 5.91 Å². The van der Waals surface area contributed by atoms with E-state index in [0.29, 0.717) is 6.04 Å². The van der Waals surface area contributed by atoms with Crippen LogP contribution < -0.4 is 10.6 Å². The van der Waals surface area contributed by atoms with Crippen LogP contribution in [0.1, 0.15) is 24.4 Å². The molecular weight excluding hydrogens is 375 g/mol. The fourth-order valence-electron chi connectivity index (χ4n) is 2.17. The van der Waals surface area contributed by atoms with Crippen molar-refractivity contribution in [2.75, 3.05) is 5.32 Å². The van der Waals surface area contributed by atoms with Crippen molar-refractivity contribution in [1.29, 1.82) is 0 Å². The van der Waals surface area contributed by atoms with E-state index in [2.05, 4.69) is 33.2 Å². The summed E-state index contributed by atoms with van der Waals surface area (Å²) in [5.74, 6) is 0.0437. The summed E-state index contributed by atoms with van der Waals surface area (Å²) in [5.41, 5.74) is 1.93. The Kier molecular flexibility index (Phi) is 4.43. The van der Waals surface area contributed by atoms with Gasteiger partial charge in [-0.2, -0.15) is 0 Å². The number of hydrogen-bond donors (Lipinski definition) is 2. The summed E-state index contributed by atoms with van der Waals surface area (Å²) in [4.78, 5) is 12.5. The molecule has 21 heavy (non-hydrogen) atoms. The third-order valence-electron chi connectivity index (χ3n) is 3.47. The zero-order valence-corrected chi connectivity index (χ0v) is 13.7. The molecule has 1 aliphatic rings. The number of anilines is 1. The maximum atomic E-state index is 12.5. The highest BCUT2D eigenvalue weighted by atomic mass is 127. The highest BCUT2D eigenvalue weighted by Crippen LogP contribution is 2.24. The smallest absolute Gasteiger partial charge is 0.247 e. The molecule has 1 fully saturated rings. The standard InChI is InChI=1S/C17H17IN2O/c18-13-6-8-14(9-7-13)19-16(12-4-2-1-3-5-12)17(21)20-15-10-11-15/h1-9,15-16,19H,10-11H2,(H,20,21). The maximum absolute atomic E-state index is 12.5. The van der Waals surface area contributed by atoms with Crippen molar-refractivity contribution in [1.82, 2.24) is 5.32 Å². The third-order valence-corrected chi connectivity index (χ3v) is 4.19. The zero-order valence-electron chi connectivity index (χ0n) is 11.6. The van der Waals surface area contributed by atoms with E-state index in [1.165, 1.54) is 3.57 Å².